The minimum absolute atomic E-state index is 0.188. The topological polar surface area (TPSA) is 70.9 Å². The highest BCUT2D eigenvalue weighted by Crippen LogP contribution is 2.22. The maximum absolute atomic E-state index is 12.3. The quantitative estimate of drug-likeness (QED) is 0.572. The van der Waals surface area contributed by atoms with Gasteiger partial charge in [0.1, 0.15) is 11.4 Å². The fourth-order valence-corrected chi connectivity index (χ4v) is 2.73. The average Bonchev–Trinajstić information content (AvgIpc) is 3.27. The summed E-state index contributed by atoms with van der Waals surface area (Å²) in [6.07, 6.45) is 0. The van der Waals surface area contributed by atoms with E-state index in [9.17, 15) is 4.79 Å². The summed E-state index contributed by atoms with van der Waals surface area (Å²) in [5.41, 5.74) is 2.97. The molecule has 4 aromatic rings. The van der Waals surface area contributed by atoms with Crippen LogP contribution in [0.1, 0.15) is 16.2 Å². The second-order valence-corrected chi connectivity index (χ2v) is 6.08. The number of nitrogens with zero attached hydrogens (tertiary/aromatic N) is 1. The second-order valence-electron chi connectivity index (χ2n) is 5.64. The van der Waals surface area contributed by atoms with Crippen LogP contribution in [0.3, 0.4) is 0 Å². The van der Waals surface area contributed by atoms with Crippen molar-refractivity contribution < 1.29 is 9.32 Å². The standard InChI is InChI=1S/C19H14ClN3O2/c20-14-7-5-12(6-8-14)18-10-15(23-25-18)11-21-19(24)17-9-13-3-1-2-4-16(13)22-17/h1-10,22H,11H2,(H,21,24). The number of hydrogen-bond donors (Lipinski definition) is 2. The van der Waals surface area contributed by atoms with Gasteiger partial charge in [0.2, 0.25) is 0 Å². The number of fused-ring (bicyclic) bond motifs is 1. The van der Waals surface area contributed by atoms with E-state index >= 15 is 0 Å². The lowest BCUT2D eigenvalue weighted by Crippen LogP contribution is -2.23. The Hall–Kier alpha value is -3.05. The van der Waals surface area contributed by atoms with Gasteiger partial charge in [-0.05, 0) is 36.4 Å². The van der Waals surface area contributed by atoms with E-state index in [1.54, 1.807) is 18.2 Å². The molecule has 4 rings (SSSR count). The zero-order chi connectivity index (χ0) is 17.2. The molecule has 0 aliphatic heterocycles. The number of rotatable bonds is 4. The largest absolute Gasteiger partial charge is 0.356 e. The van der Waals surface area contributed by atoms with Gasteiger partial charge in [0.25, 0.3) is 5.91 Å². The maximum atomic E-state index is 12.3. The number of H-pyrrole nitrogens is 1. The highest BCUT2D eigenvalue weighted by molar-refractivity contribution is 6.30. The third-order valence-corrected chi connectivity index (χ3v) is 4.14. The molecule has 0 radical (unpaired) electrons. The van der Waals surface area contributed by atoms with Crippen LogP contribution in [0.2, 0.25) is 5.02 Å². The van der Waals surface area contributed by atoms with Gasteiger partial charge in [-0.15, -0.1) is 0 Å². The molecule has 2 aromatic carbocycles. The molecule has 0 aliphatic rings. The Morgan fingerprint density at radius 2 is 1.92 bits per heavy atom. The summed E-state index contributed by atoms with van der Waals surface area (Å²) in [6, 6.07) is 18.7. The van der Waals surface area contributed by atoms with Crippen molar-refractivity contribution in [2.45, 2.75) is 6.54 Å². The molecule has 25 heavy (non-hydrogen) atoms. The first kappa shape index (κ1) is 15.5. The number of carbonyl (C=O) groups excluding carboxylic acids is 1. The smallest absolute Gasteiger partial charge is 0.268 e. The number of aromatic amines is 1. The number of carbonyl (C=O) groups is 1. The molecule has 0 saturated heterocycles. The molecule has 2 N–H and O–H groups in total. The lowest BCUT2D eigenvalue weighted by Gasteiger charge is -1.99. The molecular formula is C19H14ClN3O2. The average molecular weight is 352 g/mol. The molecule has 0 saturated carbocycles. The van der Waals surface area contributed by atoms with E-state index < -0.39 is 0 Å². The summed E-state index contributed by atoms with van der Waals surface area (Å²) in [6.45, 7) is 0.283. The summed E-state index contributed by atoms with van der Waals surface area (Å²) in [5, 5.41) is 8.49. The van der Waals surface area contributed by atoms with E-state index in [0.717, 1.165) is 16.5 Å². The molecule has 0 unspecified atom stereocenters. The summed E-state index contributed by atoms with van der Waals surface area (Å²) < 4.78 is 5.32. The van der Waals surface area contributed by atoms with Gasteiger partial charge in [0.05, 0.1) is 6.54 Å². The molecular weight excluding hydrogens is 338 g/mol. The van der Waals surface area contributed by atoms with Crippen LogP contribution in [0.15, 0.2) is 65.2 Å². The summed E-state index contributed by atoms with van der Waals surface area (Å²) >= 11 is 5.88. The molecule has 0 bridgehead atoms. The van der Waals surface area contributed by atoms with Crippen molar-refractivity contribution in [2.24, 2.45) is 0 Å². The van der Waals surface area contributed by atoms with Crippen LogP contribution in [0.4, 0.5) is 0 Å². The van der Waals surface area contributed by atoms with Crippen LogP contribution in [-0.4, -0.2) is 16.0 Å². The molecule has 0 fully saturated rings. The zero-order valence-electron chi connectivity index (χ0n) is 13.1. The monoisotopic (exact) mass is 351 g/mol. The number of aromatic nitrogens is 2. The Bertz CT molecular complexity index is 1000. The van der Waals surface area contributed by atoms with Gasteiger partial charge in [0.15, 0.2) is 5.76 Å². The minimum Gasteiger partial charge on any atom is -0.356 e. The van der Waals surface area contributed by atoms with Gasteiger partial charge in [-0.25, -0.2) is 0 Å². The van der Waals surface area contributed by atoms with Gasteiger partial charge >= 0.3 is 0 Å². The molecule has 0 aliphatic carbocycles. The van der Waals surface area contributed by atoms with E-state index in [4.69, 9.17) is 16.1 Å². The Morgan fingerprint density at radius 3 is 2.72 bits per heavy atom. The molecule has 6 heteroatoms. The van der Waals surface area contributed by atoms with Crippen molar-refractivity contribution in [3.63, 3.8) is 0 Å². The third kappa shape index (κ3) is 3.27. The fourth-order valence-electron chi connectivity index (χ4n) is 2.61. The van der Waals surface area contributed by atoms with Crippen LogP contribution >= 0.6 is 11.6 Å². The van der Waals surface area contributed by atoms with Gasteiger partial charge in [-0.2, -0.15) is 0 Å². The zero-order valence-corrected chi connectivity index (χ0v) is 13.9. The van der Waals surface area contributed by atoms with E-state index in [0.29, 0.717) is 22.2 Å². The Labute approximate surface area is 148 Å². The Kier molecular flexibility index (Phi) is 3.99. The van der Waals surface area contributed by atoms with Crippen molar-refractivity contribution in [3.05, 3.63) is 77.1 Å². The van der Waals surface area contributed by atoms with E-state index in [-0.39, 0.29) is 12.5 Å². The van der Waals surface area contributed by atoms with Crippen LogP contribution in [-0.2, 0) is 6.54 Å². The molecule has 2 aromatic heterocycles. The predicted molar refractivity (Wildman–Crippen MR) is 96.4 cm³/mol. The summed E-state index contributed by atoms with van der Waals surface area (Å²) in [4.78, 5) is 15.4. The Balaban J connectivity index is 1.44. The predicted octanol–water partition coefficient (Wildman–Crippen LogP) is 4.41. The lowest BCUT2D eigenvalue weighted by atomic mass is 10.1. The number of hydrogen-bond acceptors (Lipinski definition) is 3. The van der Waals surface area contributed by atoms with Gasteiger partial charge < -0.3 is 14.8 Å². The number of nitrogens with one attached hydrogen (secondary N) is 2. The van der Waals surface area contributed by atoms with E-state index in [2.05, 4.69) is 15.5 Å². The molecule has 5 nitrogen and oxygen atoms in total. The molecule has 2 heterocycles. The van der Waals surface area contributed by atoms with E-state index in [1.807, 2.05) is 42.5 Å². The minimum atomic E-state index is -0.188. The third-order valence-electron chi connectivity index (χ3n) is 3.89. The highest BCUT2D eigenvalue weighted by Gasteiger charge is 2.11. The van der Waals surface area contributed by atoms with Gasteiger partial charge in [0, 0.05) is 27.6 Å². The van der Waals surface area contributed by atoms with Crippen molar-refractivity contribution in [1.29, 1.82) is 0 Å². The lowest BCUT2D eigenvalue weighted by molar-refractivity contribution is 0.0946. The first-order valence-corrected chi connectivity index (χ1v) is 8.14. The fraction of sp³-hybridized carbons (Fsp3) is 0.0526. The maximum Gasteiger partial charge on any atom is 0.268 e. The van der Waals surface area contributed by atoms with Crippen molar-refractivity contribution in [1.82, 2.24) is 15.5 Å². The summed E-state index contributed by atoms with van der Waals surface area (Å²) in [7, 11) is 0. The second kappa shape index (κ2) is 6.45. The van der Waals surface area contributed by atoms with Crippen molar-refractivity contribution >= 4 is 28.4 Å². The molecule has 1 amide bonds. The Morgan fingerprint density at radius 1 is 1.12 bits per heavy atom. The first-order chi connectivity index (χ1) is 12.2. The molecule has 0 atom stereocenters. The highest BCUT2D eigenvalue weighted by atomic mass is 35.5. The normalized spacial score (nSPS) is 10.9. The van der Waals surface area contributed by atoms with Crippen molar-refractivity contribution in [2.75, 3.05) is 0 Å². The van der Waals surface area contributed by atoms with Crippen LogP contribution in [0.5, 0.6) is 0 Å². The van der Waals surface area contributed by atoms with Gasteiger partial charge in [-0.1, -0.05) is 35.0 Å². The van der Waals surface area contributed by atoms with Crippen LogP contribution in [0, 0.1) is 0 Å². The SMILES string of the molecule is O=C(NCc1cc(-c2ccc(Cl)cc2)on1)c1cc2ccccc2[nH]1. The molecule has 124 valence electrons. The van der Waals surface area contributed by atoms with E-state index in [1.165, 1.54) is 0 Å². The summed E-state index contributed by atoms with van der Waals surface area (Å²) in [5.74, 6) is 0.443. The number of benzene rings is 2. The van der Waals surface area contributed by atoms with Crippen molar-refractivity contribution in [3.8, 4) is 11.3 Å². The molecule has 0 spiro atoms. The number of halogens is 1. The number of para-hydroxylation sites is 1. The number of amides is 1. The van der Waals surface area contributed by atoms with Gasteiger partial charge in [-0.3, -0.25) is 4.79 Å². The first-order valence-electron chi connectivity index (χ1n) is 7.76. The van der Waals surface area contributed by atoms with Crippen LogP contribution < -0.4 is 5.32 Å². The van der Waals surface area contributed by atoms with Crippen LogP contribution in [0.25, 0.3) is 22.2 Å².